The Balaban J connectivity index is 2.29. The van der Waals surface area contributed by atoms with Gasteiger partial charge in [0.1, 0.15) is 5.00 Å². The number of fused-ring (bicyclic) bond motifs is 1. The van der Waals surface area contributed by atoms with E-state index >= 15 is 0 Å². The van der Waals surface area contributed by atoms with Crippen molar-refractivity contribution in [2.45, 2.75) is 39.5 Å². The van der Waals surface area contributed by atoms with Crippen molar-refractivity contribution in [3.05, 3.63) is 16.0 Å². The van der Waals surface area contributed by atoms with Crippen molar-refractivity contribution in [2.24, 2.45) is 5.92 Å². The molecule has 1 heterocycles. The first-order valence-corrected chi connectivity index (χ1v) is 7.05. The summed E-state index contributed by atoms with van der Waals surface area (Å²) in [5.41, 5.74) is 1.23. The van der Waals surface area contributed by atoms with Crippen LogP contribution in [0.15, 0.2) is 0 Å². The van der Waals surface area contributed by atoms with Crippen molar-refractivity contribution < 1.29 is 14.7 Å². The van der Waals surface area contributed by atoms with Crippen LogP contribution in [0.5, 0.6) is 0 Å². The molecule has 1 aromatic rings. The number of carbonyl (C=O) groups excluding carboxylic acids is 1. The molecule has 1 amide bonds. The summed E-state index contributed by atoms with van der Waals surface area (Å²) in [5.74, 6) is -1.13. The first kappa shape index (κ1) is 13.1. The number of aryl methyl sites for hydroxylation is 1. The predicted molar refractivity (Wildman–Crippen MR) is 71.4 cm³/mol. The molecule has 1 aliphatic carbocycles. The fourth-order valence-corrected chi connectivity index (χ4v) is 3.42. The van der Waals surface area contributed by atoms with Crippen LogP contribution in [-0.2, 0) is 17.6 Å². The van der Waals surface area contributed by atoms with Gasteiger partial charge in [-0.2, -0.15) is 0 Å². The Morgan fingerprint density at radius 3 is 2.78 bits per heavy atom. The van der Waals surface area contributed by atoms with Gasteiger partial charge in [0.05, 0.1) is 5.56 Å². The van der Waals surface area contributed by atoms with Crippen molar-refractivity contribution in [2.75, 3.05) is 5.32 Å². The van der Waals surface area contributed by atoms with Gasteiger partial charge in [-0.15, -0.1) is 11.3 Å². The Labute approximate surface area is 110 Å². The highest BCUT2D eigenvalue weighted by atomic mass is 32.1. The SMILES string of the molecule is CCC(C)C(=O)Nc1sc2c(c1C(=O)O)CCC2. The molecule has 0 bridgehead atoms. The number of aromatic carboxylic acids is 1. The molecule has 2 N–H and O–H groups in total. The number of hydrogen-bond donors (Lipinski definition) is 2. The minimum atomic E-state index is -0.936. The molecule has 0 radical (unpaired) electrons. The van der Waals surface area contributed by atoms with E-state index in [-0.39, 0.29) is 11.8 Å². The maximum atomic E-state index is 11.8. The molecular weight excluding hydrogens is 250 g/mol. The average molecular weight is 267 g/mol. The first-order valence-electron chi connectivity index (χ1n) is 6.23. The van der Waals surface area contributed by atoms with Gasteiger partial charge in [0.2, 0.25) is 5.91 Å². The highest BCUT2D eigenvalue weighted by Gasteiger charge is 2.27. The number of carbonyl (C=O) groups is 2. The lowest BCUT2D eigenvalue weighted by molar-refractivity contribution is -0.119. The second-order valence-corrected chi connectivity index (χ2v) is 5.77. The Morgan fingerprint density at radius 1 is 1.44 bits per heavy atom. The molecule has 5 heteroatoms. The van der Waals surface area contributed by atoms with Gasteiger partial charge in [0.15, 0.2) is 0 Å². The van der Waals surface area contributed by atoms with Crippen LogP contribution in [0, 0.1) is 5.92 Å². The van der Waals surface area contributed by atoms with Crippen LogP contribution in [0.2, 0.25) is 0 Å². The summed E-state index contributed by atoms with van der Waals surface area (Å²) in [4.78, 5) is 24.3. The molecule has 0 spiro atoms. The van der Waals surface area contributed by atoms with Crippen LogP contribution >= 0.6 is 11.3 Å². The predicted octanol–water partition coefficient (Wildman–Crippen LogP) is 2.92. The normalized spacial score (nSPS) is 15.2. The molecule has 98 valence electrons. The van der Waals surface area contributed by atoms with E-state index in [2.05, 4.69) is 5.32 Å². The summed E-state index contributed by atoms with van der Waals surface area (Å²) < 4.78 is 0. The van der Waals surface area contributed by atoms with E-state index in [9.17, 15) is 14.7 Å². The van der Waals surface area contributed by atoms with Crippen LogP contribution in [0.3, 0.4) is 0 Å². The number of carboxylic acid groups (broad SMARTS) is 1. The minimum absolute atomic E-state index is 0.0939. The van der Waals surface area contributed by atoms with Crippen molar-refractivity contribution >= 4 is 28.2 Å². The first-order chi connectivity index (χ1) is 8.54. The standard InChI is InChI=1S/C13H17NO3S/c1-3-7(2)11(15)14-12-10(13(16)17)8-5-4-6-9(8)18-12/h7H,3-6H2,1-2H3,(H,14,15)(H,16,17). The largest absolute Gasteiger partial charge is 0.478 e. The third-order valence-electron chi connectivity index (χ3n) is 3.43. The number of hydrogen-bond acceptors (Lipinski definition) is 3. The summed E-state index contributed by atoms with van der Waals surface area (Å²) in [6, 6.07) is 0. The van der Waals surface area contributed by atoms with Gasteiger partial charge in [-0.3, -0.25) is 4.79 Å². The number of amides is 1. The lowest BCUT2D eigenvalue weighted by atomic mass is 10.1. The van der Waals surface area contributed by atoms with Crippen LogP contribution < -0.4 is 5.32 Å². The van der Waals surface area contributed by atoms with Crippen LogP contribution in [0.4, 0.5) is 5.00 Å². The quantitative estimate of drug-likeness (QED) is 0.881. The van der Waals surface area contributed by atoms with E-state index < -0.39 is 5.97 Å². The van der Waals surface area contributed by atoms with Gasteiger partial charge in [-0.1, -0.05) is 13.8 Å². The molecule has 1 atom stereocenters. The topological polar surface area (TPSA) is 66.4 Å². The molecule has 0 aliphatic heterocycles. The van der Waals surface area contributed by atoms with Crippen molar-refractivity contribution in [3.63, 3.8) is 0 Å². The Kier molecular flexibility index (Phi) is 3.71. The van der Waals surface area contributed by atoms with E-state index in [0.717, 1.165) is 36.1 Å². The molecule has 1 aliphatic rings. The molecule has 4 nitrogen and oxygen atoms in total. The van der Waals surface area contributed by atoms with Gasteiger partial charge in [-0.25, -0.2) is 4.79 Å². The van der Waals surface area contributed by atoms with Crippen molar-refractivity contribution in [3.8, 4) is 0 Å². The maximum Gasteiger partial charge on any atom is 0.339 e. The van der Waals surface area contributed by atoms with Gasteiger partial charge < -0.3 is 10.4 Å². The molecule has 1 unspecified atom stereocenters. The lowest BCUT2D eigenvalue weighted by Gasteiger charge is -2.09. The Morgan fingerprint density at radius 2 is 2.17 bits per heavy atom. The van der Waals surface area contributed by atoms with Crippen molar-refractivity contribution in [1.82, 2.24) is 0 Å². The second-order valence-electron chi connectivity index (χ2n) is 4.67. The molecule has 1 aromatic heterocycles. The molecule has 0 aromatic carbocycles. The lowest BCUT2D eigenvalue weighted by Crippen LogP contribution is -2.20. The number of rotatable bonds is 4. The summed E-state index contributed by atoms with van der Waals surface area (Å²) in [5, 5.41) is 12.6. The Bertz CT molecular complexity index is 493. The van der Waals surface area contributed by atoms with Crippen LogP contribution in [0.1, 0.15) is 47.5 Å². The summed E-state index contributed by atoms with van der Waals surface area (Å²) in [7, 11) is 0. The number of carboxylic acids is 1. The molecule has 0 saturated heterocycles. The van der Waals surface area contributed by atoms with Gasteiger partial charge in [0.25, 0.3) is 0 Å². The van der Waals surface area contributed by atoms with Crippen LogP contribution in [-0.4, -0.2) is 17.0 Å². The molecular formula is C13H17NO3S. The van der Waals surface area contributed by atoms with Crippen molar-refractivity contribution in [1.29, 1.82) is 0 Å². The zero-order chi connectivity index (χ0) is 13.3. The van der Waals surface area contributed by atoms with Gasteiger partial charge in [-0.05, 0) is 31.2 Å². The van der Waals surface area contributed by atoms with E-state index in [1.54, 1.807) is 0 Å². The highest BCUT2D eigenvalue weighted by molar-refractivity contribution is 7.17. The Hall–Kier alpha value is -1.36. The number of nitrogens with one attached hydrogen (secondary N) is 1. The van der Waals surface area contributed by atoms with E-state index in [4.69, 9.17) is 0 Å². The molecule has 0 fully saturated rings. The van der Waals surface area contributed by atoms with Gasteiger partial charge >= 0.3 is 5.97 Å². The van der Waals surface area contributed by atoms with E-state index in [1.807, 2.05) is 13.8 Å². The monoisotopic (exact) mass is 267 g/mol. The summed E-state index contributed by atoms with van der Waals surface area (Å²) >= 11 is 1.42. The third kappa shape index (κ3) is 2.27. The fourth-order valence-electron chi connectivity index (χ4n) is 2.14. The van der Waals surface area contributed by atoms with Crippen LogP contribution in [0.25, 0.3) is 0 Å². The zero-order valence-electron chi connectivity index (χ0n) is 10.6. The molecule has 18 heavy (non-hydrogen) atoms. The van der Waals surface area contributed by atoms with Gasteiger partial charge in [0, 0.05) is 10.8 Å². The maximum absolute atomic E-state index is 11.8. The minimum Gasteiger partial charge on any atom is -0.478 e. The average Bonchev–Trinajstić information content (AvgIpc) is 2.86. The second kappa shape index (κ2) is 5.10. The molecule has 2 rings (SSSR count). The smallest absolute Gasteiger partial charge is 0.339 e. The van der Waals surface area contributed by atoms with E-state index in [1.165, 1.54) is 11.3 Å². The summed E-state index contributed by atoms with van der Waals surface area (Å²) in [6.07, 6.45) is 3.51. The zero-order valence-corrected chi connectivity index (χ0v) is 11.4. The summed E-state index contributed by atoms with van der Waals surface area (Å²) in [6.45, 7) is 3.79. The third-order valence-corrected chi connectivity index (χ3v) is 4.64. The fraction of sp³-hybridized carbons (Fsp3) is 0.538. The molecule has 0 saturated carbocycles. The number of anilines is 1. The number of thiophene rings is 1. The van der Waals surface area contributed by atoms with E-state index in [0.29, 0.717) is 10.6 Å². The highest BCUT2D eigenvalue weighted by Crippen LogP contribution is 2.39.